The van der Waals surface area contributed by atoms with Crippen LogP contribution in [0.1, 0.15) is 25.0 Å². The van der Waals surface area contributed by atoms with E-state index in [1.807, 2.05) is 4.72 Å². The van der Waals surface area contributed by atoms with E-state index in [4.69, 9.17) is 9.47 Å². The van der Waals surface area contributed by atoms with Gasteiger partial charge in [-0.25, -0.2) is 13.1 Å². The van der Waals surface area contributed by atoms with Crippen LogP contribution < -0.4 is 14.2 Å². The second kappa shape index (κ2) is 8.71. The maximum Gasteiger partial charge on any atom is 0.308 e. The highest BCUT2D eigenvalue weighted by Gasteiger charge is 2.15. The molecule has 0 aliphatic rings. The number of methoxy groups -OCH3 is 1. The lowest BCUT2D eigenvalue weighted by atomic mass is 9.99. The van der Waals surface area contributed by atoms with E-state index in [0.29, 0.717) is 17.9 Å². The van der Waals surface area contributed by atoms with Gasteiger partial charge in [0.05, 0.1) is 12.0 Å². The van der Waals surface area contributed by atoms with Crippen molar-refractivity contribution in [3.8, 4) is 11.5 Å². The van der Waals surface area contributed by atoms with Gasteiger partial charge in [0.15, 0.2) is 11.5 Å². The van der Waals surface area contributed by atoms with E-state index in [0.717, 1.165) is 23.6 Å². The van der Waals surface area contributed by atoms with Gasteiger partial charge in [-0.15, -0.1) is 0 Å². The smallest absolute Gasteiger partial charge is 0.308 e. The van der Waals surface area contributed by atoms with Crippen molar-refractivity contribution in [2.75, 3.05) is 7.11 Å². The third-order valence-corrected chi connectivity index (χ3v) is 5.20. The third kappa shape index (κ3) is 5.43. The summed E-state index contributed by atoms with van der Waals surface area (Å²) in [6.07, 6.45) is 0.481. The lowest BCUT2D eigenvalue weighted by Gasteiger charge is -2.12. The molecule has 0 atom stereocenters. The van der Waals surface area contributed by atoms with Gasteiger partial charge in [0.25, 0.3) is 10.0 Å². The summed E-state index contributed by atoms with van der Waals surface area (Å²) in [5, 5.41) is 0. The molecule has 2 rings (SSSR count). The van der Waals surface area contributed by atoms with Crippen molar-refractivity contribution in [1.82, 2.24) is 4.72 Å². The number of benzene rings is 2. The lowest BCUT2D eigenvalue weighted by Crippen LogP contribution is -2.28. The fourth-order valence-electron chi connectivity index (χ4n) is 2.53. The molecule has 2 aromatic carbocycles. The minimum Gasteiger partial charge on any atom is -0.493 e. The molecule has 0 bridgehead atoms. The lowest BCUT2D eigenvalue weighted by molar-refractivity contribution is -0.132. The molecule has 0 aliphatic carbocycles. The highest BCUT2D eigenvalue weighted by atomic mass is 32.2. The zero-order valence-electron chi connectivity index (χ0n) is 15.8. The summed E-state index contributed by atoms with van der Waals surface area (Å²) in [5.41, 5.74) is 2.39. The molecule has 7 nitrogen and oxygen atoms in total. The predicted molar refractivity (Wildman–Crippen MR) is 104 cm³/mol. The van der Waals surface area contributed by atoms with Crippen molar-refractivity contribution in [3.63, 3.8) is 0 Å². The molecule has 0 fully saturated rings. The minimum atomic E-state index is -3.87. The molecule has 8 heteroatoms. The quantitative estimate of drug-likeness (QED) is 0.564. The first-order valence-corrected chi connectivity index (χ1v) is 9.77. The van der Waals surface area contributed by atoms with Crippen LogP contribution in [-0.2, 0) is 26.0 Å². The second-order valence-corrected chi connectivity index (χ2v) is 7.73. The number of sulfonamides is 1. The summed E-state index contributed by atoms with van der Waals surface area (Å²) in [4.78, 5) is 22.1. The first kappa shape index (κ1) is 21.2. The molecule has 0 radical (unpaired) electrons. The van der Waals surface area contributed by atoms with Crippen LogP contribution >= 0.6 is 0 Å². The fourth-order valence-corrected chi connectivity index (χ4v) is 3.52. The highest BCUT2D eigenvalue weighted by Crippen LogP contribution is 2.30. The third-order valence-electron chi connectivity index (χ3n) is 3.75. The Morgan fingerprint density at radius 1 is 1.04 bits per heavy atom. The number of hydrogen-bond donors (Lipinski definition) is 1. The van der Waals surface area contributed by atoms with E-state index in [1.54, 1.807) is 30.3 Å². The molecule has 148 valence electrons. The summed E-state index contributed by atoms with van der Waals surface area (Å²) < 4.78 is 36.2. The van der Waals surface area contributed by atoms with Gasteiger partial charge in [-0.3, -0.25) is 9.59 Å². The van der Waals surface area contributed by atoms with Gasteiger partial charge < -0.3 is 9.47 Å². The molecular weight excluding hydrogens is 382 g/mol. The first-order chi connectivity index (χ1) is 13.1. The topological polar surface area (TPSA) is 98.8 Å². The van der Waals surface area contributed by atoms with Crippen LogP contribution in [0.25, 0.3) is 5.57 Å². The van der Waals surface area contributed by atoms with Crippen LogP contribution in [0, 0.1) is 0 Å². The maximum atomic E-state index is 12.0. The van der Waals surface area contributed by atoms with Crippen molar-refractivity contribution < 1.29 is 27.5 Å². The monoisotopic (exact) mass is 403 g/mol. The number of esters is 1. The Kier molecular flexibility index (Phi) is 6.58. The maximum absolute atomic E-state index is 12.0. The minimum absolute atomic E-state index is 0.00773. The number of nitrogens with one attached hydrogen (secondary N) is 1. The SMILES string of the molecule is C=C(Cc1ccc(OC(C)=O)c(OC)c1)c1ccc(S(=O)(=O)NC(C)=O)cc1. The fraction of sp³-hybridized carbons (Fsp3) is 0.200. The largest absolute Gasteiger partial charge is 0.493 e. The summed E-state index contributed by atoms with van der Waals surface area (Å²) in [6.45, 7) is 6.49. The number of hydrogen-bond acceptors (Lipinski definition) is 6. The van der Waals surface area contributed by atoms with Crippen molar-refractivity contribution in [2.24, 2.45) is 0 Å². The number of allylic oxidation sites excluding steroid dienone is 1. The average Bonchev–Trinajstić information content (AvgIpc) is 2.61. The van der Waals surface area contributed by atoms with Crippen LogP contribution in [0.4, 0.5) is 0 Å². The Hall–Kier alpha value is -3.13. The molecule has 0 saturated carbocycles. The van der Waals surface area contributed by atoms with Crippen molar-refractivity contribution in [3.05, 3.63) is 60.2 Å². The van der Waals surface area contributed by atoms with Crippen LogP contribution in [0.15, 0.2) is 53.9 Å². The van der Waals surface area contributed by atoms with Gasteiger partial charge in [0.2, 0.25) is 5.91 Å². The van der Waals surface area contributed by atoms with E-state index >= 15 is 0 Å². The highest BCUT2D eigenvalue weighted by molar-refractivity contribution is 7.90. The number of amides is 1. The van der Waals surface area contributed by atoms with E-state index in [1.165, 1.54) is 26.2 Å². The van der Waals surface area contributed by atoms with Crippen LogP contribution in [-0.4, -0.2) is 27.4 Å². The Bertz CT molecular complexity index is 1010. The molecule has 0 heterocycles. The molecule has 0 aromatic heterocycles. The number of carbonyl (C=O) groups excluding carboxylic acids is 2. The van der Waals surface area contributed by atoms with Crippen molar-refractivity contribution in [2.45, 2.75) is 25.2 Å². The molecule has 1 N–H and O–H groups in total. The molecule has 0 unspecified atom stereocenters. The number of ether oxygens (including phenoxy) is 2. The predicted octanol–water partition coefficient (Wildman–Crippen LogP) is 2.70. The van der Waals surface area contributed by atoms with Crippen LogP contribution in [0.5, 0.6) is 11.5 Å². The average molecular weight is 403 g/mol. The first-order valence-electron chi connectivity index (χ1n) is 8.29. The zero-order valence-corrected chi connectivity index (χ0v) is 16.6. The van der Waals surface area contributed by atoms with Crippen molar-refractivity contribution >= 4 is 27.5 Å². The number of carbonyl (C=O) groups is 2. The van der Waals surface area contributed by atoms with Crippen LogP contribution in [0.2, 0.25) is 0 Å². The Morgan fingerprint density at radius 2 is 1.68 bits per heavy atom. The van der Waals surface area contributed by atoms with Gasteiger partial charge in [-0.05, 0) is 47.4 Å². The molecule has 2 aromatic rings. The summed E-state index contributed by atoms with van der Waals surface area (Å²) in [5.74, 6) is -0.335. The van der Waals surface area contributed by atoms with Gasteiger partial charge in [0.1, 0.15) is 0 Å². The standard InChI is InChI=1S/C20H21NO6S/c1-13(11-16-5-10-19(27-15(3)23)20(12-16)26-4)17-6-8-18(9-7-17)28(24,25)21-14(2)22/h5-10,12H,1,11H2,2-4H3,(H,21,22). The Labute approximate surface area is 164 Å². The van der Waals surface area contributed by atoms with Crippen molar-refractivity contribution in [1.29, 1.82) is 0 Å². The van der Waals surface area contributed by atoms with E-state index in [-0.39, 0.29) is 4.90 Å². The van der Waals surface area contributed by atoms with Gasteiger partial charge in [0, 0.05) is 13.8 Å². The van der Waals surface area contributed by atoms with Gasteiger partial charge in [-0.1, -0.05) is 24.8 Å². The van der Waals surface area contributed by atoms with E-state index < -0.39 is 21.9 Å². The van der Waals surface area contributed by atoms with E-state index in [2.05, 4.69) is 6.58 Å². The van der Waals surface area contributed by atoms with E-state index in [9.17, 15) is 18.0 Å². The summed E-state index contributed by atoms with van der Waals surface area (Å²) in [6, 6.07) is 11.3. The second-order valence-electron chi connectivity index (χ2n) is 6.05. The molecule has 0 aliphatic heterocycles. The normalized spacial score (nSPS) is 10.8. The Balaban J connectivity index is 2.17. The molecule has 28 heavy (non-hydrogen) atoms. The Morgan fingerprint density at radius 3 is 2.21 bits per heavy atom. The van der Waals surface area contributed by atoms with Gasteiger partial charge >= 0.3 is 5.97 Å². The zero-order chi connectivity index (χ0) is 20.9. The van der Waals surface area contributed by atoms with Crippen LogP contribution in [0.3, 0.4) is 0 Å². The summed E-state index contributed by atoms with van der Waals surface area (Å²) >= 11 is 0. The van der Waals surface area contributed by atoms with Gasteiger partial charge in [-0.2, -0.15) is 0 Å². The molecule has 0 saturated heterocycles. The molecule has 0 spiro atoms. The number of rotatable bonds is 7. The molecule has 1 amide bonds. The molecular formula is C20H21NO6S. The summed E-state index contributed by atoms with van der Waals surface area (Å²) in [7, 11) is -2.39.